The average molecular weight is 362 g/mol. The predicted octanol–water partition coefficient (Wildman–Crippen LogP) is 1.16. The summed E-state index contributed by atoms with van der Waals surface area (Å²) >= 11 is 0. The van der Waals surface area contributed by atoms with E-state index in [0.717, 1.165) is 0 Å². The van der Waals surface area contributed by atoms with Gasteiger partial charge in [0.25, 0.3) is 5.91 Å². The number of ether oxygens (including phenoxy) is 2. The van der Waals surface area contributed by atoms with Crippen LogP contribution in [0.1, 0.15) is 23.2 Å². The summed E-state index contributed by atoms with van der Waals surface area (Å²) in [5, 5.41) is 8.01. The lowest BCUT2D eigenvalue weighted by molar-refractivity contribution is 0.0110. The van der Waals surface area contributed by atoms with Crippen LogP contribution in [0.2, 0.25) is 0 Å². The number of nitrogens with zero attached hydrogens (tertiary/aromatic N) is 1. The number of methoxy groups -OCH3 is 1. The molecule has 0 saturated carbocycles. The number of alkyl carbamates (subject to hydrolysis) is 1. The molecule has 3 N–H and O–H groups in total. The van der Waals surface area contributed by atoms with Gasteiger partial charge in [-0.2, -0.15) is 0 Å². The maximum atomic E-state index is 12.6. The summed E-state index contributed by atoms with van der Waals surface area (Å²) in [6.45, 7) is 1.42. The molecule has 2 fully saturated rings. The van der Waals surface area contributed by atoms with Crippen molar-refractivity contribution in [1.29, 1.82) is 0 Å². The van der Waals surface area contributed by atoms with Crippen LogP contribution in [0.5, 0.6) is 5.75 Å². The Kier molecular flexibility index (Phi) is 4.88. The third-order valence-corrected chi connectivity index (χ3v) is 4.76. The number of benzene rings is 1. The molecule has 0 unspecified atom stereocenters. The standard InChI is InChI=1S/C17H22N4O5/c1-18-14(22)11-3-4-13(25-2)12(9-11)20-15(23)21-7-5-17(6-8-21)10-19-16(24)26-17/h3-4,9H,5-8,10H2,1-2H3,(H,18,22)(H,19,24)(H,20,23). The van der Waals surface area contributed by atoms with Gasteiger partial charge in [-0.25, -0.2) is 9.59 Å². The second kappa shape index (κ2) is 7.11. The van der Waals surface area contributed by atoms with E-state index in [1.807, 2.05) is 0 Å². The third-order valence-electron chi connectivity index (χ3n) is 4.76. The molecule has 140 valence electrons. The van der Waals surface area contributed by atoms with Crippen molar-refractivity contribution < 1.29 is 23.9 Å². The molecule has 26 heavy (non-hydrogen) atoms. The molecular weight excluding hydrogens is 340 g/mol. The molecule has 0 aromatic heterocycles. The summed E-state index contributed by atoms with van der Waals surface area (Å²) in [4.78, 5) is 37.3. The van der Waals surface area contributed by atoms with Crippen LogP contribution in [-0.4, -0.2) is 62.3 Å². The lowest BCUT2D eigenvalue weighted by Gasteiger charge is -2.37. The molecule has 0 atom stereocenters. The first-order valence-electron chi connectivity index (χ1n) is 8.39. The number of piperidine rings is 1. The van der Waals surface area contributed by atoms with E-state index in [1.54, 1.807) is 30.1 Å². The minimum Gasteiger partial charge on any atom is -0.495 e. The molecule has 9 nitrogen and oxygen atoms in total. The Hall–Kier alpha value is -2.97. The van der Waals surface area contributed by atoms with E-state index < -0.39 is 11.7 Å². The van der Waals surface area contributed by atoms with Crippen molar-refractivity contribution in [1.82, 2.24) is 15.5 Å². The van der Waals surface area contributed by atoms with Gasteiger partial charge in [0.15, 0.2) is 0 Å². The number of carbonyl (C=O) groups excluding carboxylic acids is 3. The maximum Gasteiger partial charge on any atom is 0.407 e. The van der Waals surface area contributed by atoms with Crippen molar-refractivity contribution in [3.63, 3.8) is 0 Å². The van der Waals surface area contributed by atoms with E-state index in [1.165, 1.54) is 7.11 Å². The Bertz CT molecular complexity index is 728. The number of hydrogen-bond acceptors (Lipinski definition) is 5. The van der Waals surface area contributed by atoms with Gasteiger partial charge in [-0.05, 0) is 18.2 Å². The van der Waals surface area contributed by atoms with E-state index in [-0.39, 0.29) is 11.9 Å². The van der Waals surface area contributed by atoms with E-state index in [0.29, 0.717) is 49.5 Å². The highest BCUT2D eigenvalue weighted by Gasteiger charge is 2.43. The highest BCUT2D eigenvalue weighted by molar-refractivity contribution is 5.97. The van der Waals surface area contributed by atoms with Crippen LogP contribution >= 0.6 is 0 Å². The van der Waals surface area contributed by atoms with Crippen molar-refractivity contribution in [2.24, 2.45) is 0 Å². The van der Waals surface area contributed by atoms with Crippen LogP contribution in [0.3, 0.4) is 0 Å². The largest absolute Gasteiger partial charge is 0.495 e. The zero-order chi connectivity index (χ0) is 18.7. The first-order chi connectivity index (χ1) is 12.5. The molecule has 3 rings (SSSR count). The van der Waals surface area contributed by atoms with Gasteiger partial charge < -0.3 is 30.3 Å². The smallest absolute Gasteiger partial charge is 0.407 e. The van der Waals surface area contributed by atoms with Crippen LogP contribution in [0.4, 0.5) is 15.3 Å². The maximum absolute atomic E-state index is 12.6. The number of rotatable bonds is 3. The molecule has 2 saturated heterocycles. The lowest BCUT2D eigenvalue weighted by atomic mass is 9.92. The van der Waals surface area contributed by atoms with Crippen LogP contribution in [-0.2, 0) is 4.74 Å². The van der Waals surface area contributed by atoms with E-state index in [9.17, 15) is 14.4 Å². The summed E-state index contributed by atoms with van der Waals surface area (Å²) < 4.78 is 10.6. The van der Waals surface area contributed by atoms with Gasteiger partial charge >= 0.3 is 12.1 Å². The molecule has 0 bridgehead atoms. The van der Waals surface area contributed by atoms with Crippen LogP contribution < -0.4 is 20.7 Å². The first kappa shape index (κ1) is 17.8. The Labute approximate surface area is 151 Å². The van der Waals surface area contributed by atoms with Gasteiger partial charge in [0.05, 0.1) is 19.3 Å². The normalized spacial score (nSPS) is 18.1. The van der Waals surface area contributed by atoms with Gasteiger partial charge in [0.2, 0.25) is 0 Å². The number of urea groups is 1. The molecular formula is C17H22N4O5. The fourth-order valence-corrected chi connectivity index (χ4v) is 3.18. The second-order valence-corrected chi connectivity index (χ2v) is 6.34. The highest BCUT2D eigenvalue weighted by atomic mass is 16.6. The second-order valence-electron chi connectivity index (χ2n) is 6.34. The van der Waals surface area contributed by atoms with Crippen molar-refractivity contribution in [3.8, 4) is 5.75 Å². The number of amides is 4. The number of hydrogen-bond donors (Lipinski definition) is 3. The number of anilines is 1. The van der Waals surface area contributed by atoms with Crippen LogP contribution in [0, 0.1) is 0 Å². The highest BCUT2D eigenvalue weighted by Crippen LogP contribution is 2.30. The Morgan fingerprint density at radius 3 is 2.62 bits per heavy atom. The van der Waals surface area contributed by atoms with Gasteiger partial charge in [-0.3, -0.25) is 4.79 Å². The molecule has 1 aromatic rings. The zero-order valence-corrected chi connectivity index (χ0v) is 14.8. The number of likely N-dealkylation sites (tertiary alicyclic amines) is 1. The molecule has 4 amide bonds. The van der Waals surface area contributed by atoms with Crippen LogP contribution in [0.25, 0.3) is 0 Å². The van der Waals surface area contributed by atoms with Gasteiger partial charge in [0.1, 0.15) is 11.4 Å². The van der Waals surface area contributed by atoms with Crippen molar-refractivity contribution in [2.75, 3.05) is 39.1 Å². The Balaban J connectivity index is 1.66. The SMILES string of the molecule is CNC(=O)c1ccc(OC)c(NC(=O)N2CCC3(CC2)CNC(=O)O3)c1. The average Bonchev–Trinajstić information content (AvgIpc) is 3.01. The van der Waals surface area contributed by atoms with E-state index >= 15 is 0 Å². The fourth-order valence-electron chi connectivity index (χ4n) is 3.18. The van der Waals surface area contributed by atoms with Gasteiger partial charge in [0, 0.05) is 38.5 Å². The number of nitrogens with one attached hydrogen (secondary N) is 3. The molecule has 2 aliphatic heterocycles. The van der Waals surface area contributed by atoms with Gasteiger partial charge in [-0.15, -0.1) is 0 Å². The molecule has 2 aliphatic rings. The zero-order valence-electron chi connectivity index (χ0n) is 14.8. The fraction of sp³-hybridized carbons (Fsp3) is 0.471. The molecule has 9 heteroatoms. The van der Waals surface area contributed by atoms with Crippen molar-refractivity contribution in [3.05, 3.63) is 23.8 Å². The first-order valence-corrected chi connectivity index (χ1v) is 8.39. The van der Waals surface area contributed by atoms with Crippen molar-refractivity contribution in [2.45, 2.75) is 18.4 Å². The minimum atomic E-state index is -0.509. The monoisotopic (exact) mass is 362 g/mol. The topological polar surface area (TPSA) is 109 Å². The molecule has 1 spiro atoms. The predicted molar refractivity (Wildman–Crippen MR) is 93.4 cm³/mol. The summed E-state index contributed by atoms with van der Waals surface area (Å²) in [6, 6.07) is 4.54. The molecule has 2 heterocycles. The Morgan fingerprint density at radius 1 is 1.31 bits per heavy atom. The summed E-state index contributed by atoms with van der Waals surface area (Å²) in [7, 11) is 3.04. The van der Waals surface area contributed by atoms with Crippen LogP contribution in [0.15, 0.2) is 18.2 Å². The van der Waals surface area contributed by atoms with Crippen molar-refractivity contribution >= 4 is 23.7 Å². The number of carbonyl (C=O) groups is 3. The lowest BCUT2D eigenvalue weighted by Crippen LogP contribution is -2.49. The van der Waals surface area contributed by atoms with E-state index in [2.05, 4.69) is 16.0 Å². The summed E-state index contributed by atoms with van der Waals surface area (Å²) in [5.41, 5.74) is 0.336. The molecule has 1 aromatic carbocycles. The quantitative estimate of drug-likeness (QED) is 0.748. The summed E-state index contributed by atoms with van der Waals surface area (Å²) in [6.07, 6.45) is 0.752. The van der Waals surface area contributed by atoms with E-state index in [4.69, 9.17) is 9.47 Å². The Morgan fingerprint density at radius 2 is 2.04 bits per heavy atom. The molecule has 0 aliphatic carbocycles. The third kappa shape index (κ3) is 3.51. The summed E-state index contributed by atoms with van der Waals surface area (Å²) in [5.74, 6) is 0.215. The molecule has 0 radical (unpaired) electrons. The minimum absolute atomic E-state index is 0.251. The van der Waals surface area contributed by atoms with Gasteiger partial charge in [-0.1, -0.05) is 0 Å².